The average Bonchev–Trinajstić information content (AvgIpc) is 2.94. The molecule has 1 aromatic rings. The van der Waals surface area contributed by atoms with Crippen molar-refractivity contribution >= 4 is 41.3 Å². The van der Waals surface area contributed by atoms with Crippen LogP contribution in [-0.4, -0.2) is 23.5 Å². The van der Waals surface area contributed by atoms with E-state index in [9.17, 15) is 13.2 Å². The lowest BCUT2D eigenvalue weighted by atomic mass is 9.87. The molecule has 0 spiro atoms. The molecule has 24 heavy (non-hydrogen) atoms. The Balaban J connectivity index is 0.00000288. The van der Waals surface area contributed by atoms with Gasteiger partial charge in [-0.25, -0.2) is 9.98 Å². The maximum absolute atomic E-state index is 12.6. The molecule has 0 radical (unpaired) electrons. The van der Waals surface area contributed by atoms with E-state index >= 15 is 0 Å². The monoisotopic (exact) mass is 476 g/mol. The molecule has 1 heterocycles. The smallest absolute Gasteiger partial charge is 0.357 e. The van der Waals surface area contributed by atoms with Gasteiger partial charge in [-0.3, -0.25) is 0 Å². The Morgan fingerprint density at radius 1 is 1.42 bits per heavy atom. The minimum absolute atomic E-state index is 0. The summed E-state index contributed by atoms with van der Waals surface area (Å²) in [7, 11) is 0. The second kappa shape index (κ2) is 9.79. The summed E-state index contributed by atoms with van der Waals surface area (Å²) in [6.45, 7) is 5.07. The molecule has 0 amide bonds. The normalized spacial score (nSPS) is 22.0. The maximum Gasteiger partial charge on any atom is 0.434 e. The van der Waals surface area contributed by atoms with E-state index < -0.39 is 11.9 Å². The molecule has 138 valence electrons. The Morgan fingerprint density at radius 3 is 2.75 bits per heavy atom. The molecule has 1 aromatic heterocycles. The zero-order valence-electron chi connectivity index (χ0n) is 13.8. The summed E-state index contributed by atoms with van der Waals surface area (Å²) in [6, 6.07) is 0.374. The number of aliphatic imine (C=N–C) groups is 1. The third-order valence-corrected chi connectivity index (χ3v) is 4.67. The minimum Gasteiger partial charge on any atom is -0.357 e. The summed E-state index contributed by atoms with van der Waals surface area (Å²) in [4.78, 5) is 7.98. The highest BCUT2D eigenvalue weighted by Crippen LogP contribution is 2.30. The Kier molecular flexibility index (Phi) is 8.75. The largest absolute Gasteiger partial charge is 0.434 e. The molecule has 0 bridgehead atoms. The SMILES string of the molecule is CCNC(=NCc1nc(C(F)(F)F)cs1)NC1CCCC(C)C1.I. The number of rotatable bonds is 4. The summed E-state index contributed by atoms with van der Waals surface area (Å²) in [5.74, 6) is 1.34. The van der Waals surface area contributed by atoms with Crippen LogP contribution in [0, 0.1) is 5.92 Å². The van der Waals surface area contributed by atoms with Gasteiger partial charge in [-0.05, 0) is 25.7 Å². The van der Waals surface area contributed by atoms with Crippen LogP contribution in [0.25, 0.3) is 0 Å². The van der Waals surface area contributed by atoms with E-state index in [1.807, 2.05) is 6.92 Å². The van der Waals surface area contributed by atoms with Crippen LogP contribution in [0.4, 0.5) is 13.2 Å². The average molecular weight is 476 g/mol. The first-order valence-electron chi connectivity index (χ1n) is 7.95. The van der Waals surface area contributed by atoms with E-state index in [0.29, 0.717) is 29.5 Å². The number of halogens is 4. The van der Waals surface area contributed by atoms with E-state index in [-0.39, 0.29) is 30.5 Å². The second-order valence-corrected chi connectivity index (χ2v) is 6.88. The molecular weight excluding hydrogens is 452 g/mol. The second-order valence-electron chi connectivity index (χ2n) is 5.93. The molecule has 1 aliphatic carbocycles. The summed E-state index contributed by atoms with van der Waals surface area (Å²) in [6.07, 6.45) is 0.258. The Labute approximate surface area is 161 Å². The molecule has 2 unspecified atom stereocenters. The van der Waals surface area contributed by atoms with Crippen molar-refractivity contribution < 1.29 is 13.2 Å². The van der Waals surface area contributed by atoms with Crippen molar-refractivity contribution in [1.82, 2.24) is 15.6 Å². The molecule has 1 fully saturated rings. The van der Waals surface area contributed by atoms with Crippen molar-refractivity contribution in [3.05, 3.63) is 16.1 Å². The van der Waals surface area contributed by atoms with Crippen LogP contribution >= 0.6 is 35.3 Å². The van der Waals surface area contributed by atoms with Crippen molar-refractivity contribution in [2.24, 2.45) is 10.9 Å². The van der Waals surface area contributed by atoms with Crippen LogP contribution in [-0.2, 0) is 12.7 Å². The molecule has 9 heteroatoms. The van der Waals surface area contributed by atoms with Gasteiger partial charge in [0, 0.05) is 18.0 Å². The van der Waals surface area contributed by atoms with Crippen molar-refractivity contribution in [1.29, 1.82) is 0 Å². The third-order valence-electron chi connectivity index (χ3n) is 3.84. The van der Waals surface area contributed by atoms with Gasteiger partial charge < -0.3 is 10.6 Å². The van der Waals surface area contributed by atoms with Gasteiger partial charge in [0.1, 0.15) is 5.01 Å². The van der Waals surface area contributed by atoms with Crippen LogP contribution in [0.1, 0.15) is 50.2 Å². The number of hydrogen-bond acceptors (Lipinski definition) is 3. The lowest BCUT2D eigenvalue weighted by Gasteiger charge is -2.28. The number of alkyl halides is 3. The highest BCUT2D eigenvalue weighted by Gasteiger charge is 2.33. The fraction of sp³-hybridized carbons (Fsp3) is 0.733. The highest BCUT2D eigenvalue weighted by atomic mass is 127. The first-order chi connectivity index (χ1) is 10.9. The van der Waals surface area contributed by atoms with Crippen LogP contribution in [0.2, 0.25) is 0 Å². The quantitative estimate of drug-likeness (QED) is 0.385. The van der Waals surface area contributed by atoms with Crippen molar-refractivity contribution in [3.63, 3.8) is 0 Å². The molecule has 0 saturated heterocycles. The summed E-state index contributed by atoms with van der Waals surface area (Å²) >= 11 is 0.989. The lowest BCUT2D eigenvalue weighted by molar-refractivity contribution is -0.140. The van der Waals surface area contributed by atoms with Crippen molar-refractivity contribution in [2.75, 3.05) is 6.54 Å². The van der Waals surface area contributed by atoms with E-state index in [1.165, 1.54) is 12.8 Å². The lowest BCUT2D eigenvalue weighted by Crippen LogP contribution is -2.45. The number of guanidine groups is 1. The fourth-order valence-electron chi connectivity index (χ4n) is 2.74. The van der Waals surface area contributed by atoms with Gasteiger partial charge in [-0.15, -0.1) is 35.3 Å². The minimum atomic E-state index is -4.39. The maximum atomic E-state index is 12.6. The molecule has 2 atom stereocenters. The van der Waals surface area contributed by atoms with E-state index in [0.717, 1.165) is 29.6 Å². The van der Waals surface area contributed by atoms with Gasteiger partial charge in [0.05, 0.1) is 6.54 Å². The number of nitrogens with zero attached hydrogens (tertiary/aromatic N) is 2. The number of aromatic nitrogens is 1. The van der Waals surface area contributed by atoms with Crippen LogP contribution in [0.15, 0.2) is 10.4 Å². The molecule has 0 aliphatic heterocycles. The number of thiazole rings is 1. The van der Waals surface area contributed by atoms with Gasteiger partial charge in [-0.1, -0.05) is 19.8 Å². The van der Waals surface area contributed by atoms with Gasteiger partial charge >= 0.3 is 6.18 Å². The van der Waals surface area contributed by atoms with Crippen LogP contribution in [0.5, 0.6) is 0 Å². The summed E-state index contributed by atoms with van der Waals surface area (Å²) < 4.78 is 37.7. The fourth-order valence-corrected chi connectivity index (χ4v) is 3.46. The predicted octanol–water partition coefficient (Wildman–Crippen LogP) is 4.41. The first kappa shape index (κ1) is 21.5. The van der Waals surface area contributed by atoms with E-state index in [1.54, 1.807) is 0 Å². The number of hydrogen-bond donors (Lipinski definition) is 2. The zero-order valence-corrected chi connectivity index (χ0v) is 17.0. The molecule has 2 N–H and O–H groups in total. The Morgan fingerprint density at radius 2 is 2.17 bits per heavy atom. The number of nitrogens with one attached hydrogen (secondary N) is 2. The molecular formula is C15H24F3IN4S. The topological polar surface area (TPSA) is 49.3 Å². The Bertz CT molecular complexity index is 533. The molecule has 1 aliphatic rings. The Hall–Kier alpha value is -0.580. The van der Waals surface area contributed by atoms with Gasteiger partial charge in [0.25, 0.3) is 0 Å². The standard InChI is InChI=1S/C15H23F3N4S.HI/c1-3-19-14(21-11-6-4-5-10(2)7-11)20-8-13-22-12(9-23-13)15(16,17)18;/h9-11H,3-8H2,1-2H3,(H2,19,20,21);1H. The molecule has 1 saturated carbocycles. The summed E-state index contributed by atoms with van der Waals surface area (Å²) in [5.41, 5.74) is -0.841. The highest BCUT2D eigenvalue weighted by molar-refractivity contribution is 14.0. The van der Waals surface area contributed by atoms with Crippen molar-refractivity contribution in [2.45, 2.75) is 58.3 Å². The zero-order chi connectivity index (χ0) is 16.9. The van der Waals surface area contributed by atoms with Crippen molar-refractivity contribution in [3.8, 4) is 0 Å². The summed E-state index contributed by atoms with van der Waals surface area (Å²) in [5, 5.41) is 7.94. The van der Waals surface area contributed by atoms with Gasteiger partial charge in [0.15, 0.2) is 11.7 Å². The predicted molar refractivity (Wildman–Crippen MR) is 102 cm³/mol. The van der Waals surface area contributed by atoms with E-state index in [2.05, 4.69) is 27.5 Å². The van der Waals surface area contributed by atoms with Gasteiger partial charge in [0.2, 0.25) is 0 Å². The molecule has 2 rings (SSSR count). The molecule has 0 aromatic carbocycles. The van der Waals surface area contributed by atoms with Gasteiger partial charge in [-0.2, -0.15) is 13.2 Å². The van der Waals surface area contributed by atoms with Crippen LogP contribution < -0.4 is 10.6 Å². The van der Waals surface area contributed by atoms with E-state index in [4.69, 9.17) is 0 Å². The third kappa shape index (κ3) is 6.73. The van der Waals surface area contributed by atoms with Crippen LogP contribution in [0.3, 0.4) is 0 Å². The molecule has 4 nitrogen and oxygen atoms in total. The first-order valence-corrected chi connectivity index (χ1v) is 8.83.